The highest BCUT2D eigenvalue weighted by Gasteiger charge is 2.20. The molecule has 0 aliphatic heterocycles. The standard InChI is InChI=1S/C22H16N2O4/c1-13-10-11-19(25)16(12-13)20(26)15-7-3-5-9-18(15)24-21(27)14-6-2-4-8-17(14)23-22(24)28/h2-12,25H,1H3,(H,23,28). The molecule has 0 aliphatic rings. The molecule has 0 saturated heterocycles. The van der Waals surface area contributed by atoms with Crippen LogP contribution in [0.5, 0.6) is 5.75 Å². The van der Waals surface area contributed by atoms with Crippen LogP contribution >= 0.6 is 0 Å². The van der Waals surface area contributed by atoms with Crippen molar-refractivity contribution in [2.75, 3.05) is 0 Å². The Morgan fingerprint density at radius 2 is 1.64 bits per heavy atom. The third-order valence-electron chi connectivity index (χ3n) is 4.59. The van der Waals surface area contributed by atoms with E-state index in [0.29, 0.717) is 10.9 Å². The number of carbonyl (C=O) groups excluding carboxylic acids is 1. The molecule has 0 aliphatic carbocycles. The number of nitrogens with zero attached hydrogens (tertiary/aromatic N) is 1. The molecule has 4 rings (SSSR count). The van der Waals surface area contributed by atoms with Gasteiger partial charge in [-0.05, 0) is 43.3 Å². The summed E-state index contributed by atoms with van der Waals surface area (Å²) in [5.74, 6) is -0.638. The zero-order valence-electron chi connectivity index (χ0n) is 15.0. The van der Waals surface area contributed by atoms with E-state index in [1.807, 2.05) is 0 Å². The molecule has 0 unspecified atom stereocenters. The first kappa shape index (κ1) is 17.5. The summed E-state index contributed by atoms with van der Waals surface area (Å²) >= 11 is 0. The number of hydrogen-bond donors (Lipinski definition) is 2. The fraction of sp³-hybridized carbons (Fsp3) is 0.0455. The van der Waals surface area contributed by atoms with Crippen molar-refractivity contribution in [2.24, 2.45) is 0 Å². The van der Waals surface area contributed by atoms with Gasteiger partial charge in [0.25, 0.3) is 5.56 Å². The number of phenols is 1. The van der Waals surface area contributed by atoms with E-state index in [9.17, 15) is 19.5 Å². The van der Waals surface area contributed by atoms with Crippen LogP contribution in [0.4, 0.5) is 0 Å². The Morgan fingerprint density at radius 3 is 2.46 bits per heavy atom. The highest BCUT2D eigenvalue weighted by Crippen LogP contribution is 2.24. The summed E-state index contributed by atoms with van der Waals surface area (Å²) in [7, 11) is 0. The first-order valence-electron chi connectivity index (χ1n) is 8.65. The van der Waals surface area contributed by atoms with Gasteiger partial charge in [-0.25, -0.2) is 9.36 Å². The van der Waals surface area contributed by atoms with Gasteiger partial charge in [0.05, 0.1) is 22.2 Å². The quantitative estimate of drug-likeness (QED) is 0.541. The number of aromatic nitrogens is 2. The topological polar surface area (TPSA) is 92.2 Å². The summed E-state index contributed by atoms with van der Waals surface area (Å²) in [4.78, 5) is 41.4. The van der Waals surface area contributed by atoms with Crippen LogP contribution in [-0.2, 0) is 0 Å². The number of benzene rings is 3. The minimum atomic E-state index is -0.641. The van der Waals surface area contributed by atoms with E-state index in [-0.39, 0.29) is 22.6 Å². The lowest BCUT2D eigenvalue weighted by atomic mass is 9.99. The second kappa shape index (κ2) is 6.66. The van der Waals surface area contributed by atoms with Crippen molar-refractivity contribution >= 4 is 16.7 Å². The molecule has 0 spiro atoms. The normalized spacial score (nSPS) is 10.9. The van der Waals surface area contributed by atoms with Gasteiger partial charge >= 0.3 is 5.69 Å². The maximum absolute atomic E-state index is 13.1. The van der Waals surface area contributed by atoms with Crippen molar-refractivity contribution < 1.29 is 9.90 Å². The molecule has 6 heteroatoms. The smallest absolute Gasteiger partial charge is 0.333 e. The number of aromatic hydroxyl groups is 1. The van der Waals surface area contributed by atoms with Crippen LogP contribution in [0.25, 0.3) is 16.6 Å². The average molecular weight is 372 g/mol. The van der Waals surface area contributed by atoms with Crippen LogP contribution in [0.3, 0.4) is 0 Å². The van der Waals surface area contributed by atoms with E-state index in [4.69, 9.17) is 0 Å². The molecule has 1 heterocycles. The number of aryl methyl sites for hydroxylation is 1. The Balaban J connectivity index is 1.99. The lowest BCUT2D eigenvalue weighted by Gasteiger charge is -2.12. The zero-order valence-corrected chi connectivity index (χ0v) is 15.0. The Morgan fingerprint density at radius 1 is 0.929 bits per heavy atom. The highest BCUT2D eigenvalue weighted by molar-refractivity contribution is 6.12. The van der Waals surface area contributed by atoms with Gasteiger partial charge in [0.2, 0.25) is 0 Å². The van der Waals surface area contributed by atoms with Crippen molar-refractivity contribution in [2.45, 2.75) is 6.92 Å². The maximum atomic E-state index is 13.1. The summed E-state index contributed by atoms with van der Waals surface area (Å²) in [6, 6.07) is 17.7. The van der Waals surface area contributed by atoms with E-state index in [0.717, 1.165) is 10.1 Å². The van der Waals surface area contributed by atoms with E-state index in [1.54, 1.807) is 55.5 Å². The van der Waals surface area contributed by atoms with Gasteiger partial charge in [0.15, 0.2) is 5.78 Å². The number of H-pyrrole nitrogens is 1. The summed E-state index contributed by atoms with van der Waals surface area (Å²) in [5, 5.41) is 10.5. The number of hydrogen-bond acceptors (Lipinski definition) is 4. The molecule has 0 radical (unpaired) electrons. The van der Waals surface area contributed by atoms with Gasteiger partial charge in [0.1, 0.15) is 5.75 Å². The molecule has 0 atom stereocenters. The predicted octanol–water partition coefficient (Wildman–Crippen LogP) is 2.92. The molecule has 4 aromatic rings. The number of rotatable bonds is 3. The second-order valence-corrected chi connectivity index (χ2v) is 6.48. The van der Waals surface area contributed by atoms with Crippen molar-refractivity contribution in [3.63, 3.8) is 0 Å². The lowest BCUT2D eigenvalue weighted by molar-refractivity contribution is 0.103. The summed E-state index contributed by atoms with van der Waals surface area (Å²) < 4.78 is 0.947. The fourth-order valence-electron chi connectivity index (χ4n) is 3.22. The molecule has 0 amide bonds. The van der Waals surface area contributed by atoms with Gasteiger partial charge in [-0.1, -0.05) is 35.9 Å². The molecule has 0 bridgehead atoms. The van der Waals surface area contributed by atoms with Crippen molar-refractivity contribution in [3.05, 3.63) is 104 Å². The molecule has 0 saturated carbocycles. The van der Waals surface area contributed by atoms with Gasteiger partial charge in [-0.15, -0.1) is 0 Å². The predicted molar refractivity (Wildman–Crippen MR) is 106 cm³/mol. The first-order valence-corrected chi connectivity index (χ1v) is 8.65. The second-order valence-electron chi connectivity index (χ2n) is 6.48. The van der Waals surface area contributed by atoms with Crippen LogP contribution in [-0.4, -0.2) is 20.4 Å². The Bertz CT molecular complexity index is 1350. The maximum Gasteiger partial charge on any atom is 0.333 e. The number of aromatic amines is 1. The minimum absolute atomic E-state index is 0.109. The van der Waals surface area contributed by atoms with Crippen LogP contribution in [0, 0.1) is 6.92 Å². The summed E-state index contributed by atoms with van der Waals surface area (Å²) in [5.41, 5.74) is 0.480. The third-order valence-corrected chi connectivity index (χ3v) is 4.59. The van der Waals surface area contributed by atoms with Gasteiger partial charge in [-0.3, -0.25) is 9.59 Å². The fourth-order valence-corrected chi connectivity index (χ4v) is 3.22. The largest absolute Gasteiger partial charge is 0.507 e. The van der Waals surface area contributed by atoms with Crippen LogP contribution < -0.4 is 11.2 Å². The average Bonchev–Trinajstić information content (AvgIpc) is 2.70. The highest BCUT2D eigenvalue weighted by atomic mass is 16.3. The SMILES string of the molecule is Cc1ccc(O)c(C(=O)c2ccccc2-n2c(=O)[nH]c3ccccc3c2=O)c1. The van der Waals surface area contributed by atoms with Crippen molar-refractivity contribution in [1.29, 1.82) is 0 Å². The third kappa shape index (κ3) is 2.81. The Kier molecular flexibility index (Phi) is 4.16. The molecule has 6 nitrogen and oxygen atoms in total. The molecule has 2 N–H and O–H groups in total. The molecule has 28 heavy (non-hydrogen) atoms. The monoisotopic (exact) mass is 372 g/mol. The zero-order chi connectivity index (χ0) is 19.8. The van der Waals surface area contributed by atoms with Crippen LogP contribution in [0.15, 0.2) is 76.3 Å². The molecule has 3 aromatic carbocycles. The molecular weight excluding hydrogens is 356 g/mol. The van der Waals surface area contributed by atoms with E-state index in [2.05, 4.69) is 4.98 Å². The van der Waals surface area contributed by atoms with Gasteiger partial charge < -0.3 is 10.1 Å². The Labute approximate surface area is 159 Å². The van der Waals surface area contributed by atoms with Gasteiger partial charge in [0, 0.05) is 5.56 Å². The van der Waals surface area contributed by atoms with Crippen LogP contribution in [0.2, 0.25) is 0 Å². The Hall–Kier alpha value is -3.93. The van der Waals surface area contributed by atoms with Gasteiger partial charge in [-0.2, -0.15) is 0 Å². The number of carbonyl (C=O) groups is 1. The lowest BCUT2D eigenvalue weighted by Crippen LogP contribution is -2.34. The van der Waals surface area contributed by atoms with E-state index >= 15 is 0 Å². The number of phenolic OH excluding ortho intramolecular Hbond substituents is 1. The van der Waals surface area contributed by atoms with Crippen LogP contribution in [0.1, 0.15) is 21.5 Å². The van der Waals surface area contributed by atoms with Crippen molar-refractivity contribution in [1.82, 2.24) is 9.55 Å². The number of fused-ring (bicyclic) bond motifs is 1. The number of nitrogens with one attached hydrogen (secondary N) is 1. The van der Waals surface area contributed by atoms with E-state index in [1.165, 1.54) is 18.2 Å². The minimum Gasteiger partial charge on any atom is -0.507 e. The summed E-state index contributed by atoms with van der Waals surface area (Å²) in [6.07, 6.45) is 0. The molecule has 138 valence electrons. The molecular formula is C22H16N2O4. The summed E-state index contributed by atoms with van der Waals surface area (Å²) in [6.45, 7) is 1.81. The van der Waals surface area contributed by atoms with Crippen molar-refractivity contribution in [3.8, 4) is 11.4 Å². The molecule has 0 fully saturated rings. The number of ketones is 1. The first-order chi connectivity index (χ1) is 13.5. The molecule has 1 aromatic heterocycles. The van der Waals surface area contributed by atoms with E-state index < -0.39 is 17.0 Å². The number of para-hydroxylation sites is 2.